The summed E-state index contributed by atoms with van der Waals surface area (Å²) in [5.74, 6) is 0.126. The van der Waals surface area contributed by atoms with Crippen molar-refractivity contribution in [2.75, 3.05) is 26.3 Å². The molecule has 0 aromatic rings. The lowest BCUT2D eigenvalue weighted by atomic mass is 9.85. The second kappa shape index (κ2) is 10.7. The van der Waals surface area contributed by atoms with Crippen molar-refractivity contribution in [3.8, 4) is 0 Å². The third kappa shape index (κ3) is 8.22. The highest BCUT2D eigenvalue weighted by atomic mass is 127. The van der Waals surface area contributed by atoms with Crippen molar-refractivity contribution in [2.24, 2.45) is 16.8 Å². The van der Waals surface area contributed by atoms with Crippen molar-refractivity contribution < 1.29 is 17.9 Å². The van der Waals surface area contributed by atoms with Gasteiger partial charge in [-0.3, -0.25) is 4.99 Å². The van der Waals surface area contributed by atoms with Crippen molar-refractivity contribution in [1.29, 1.82) is 0 Å². The van der Waals surface area contributed by atoms with Gasteiger partial charge in [0.25, 0.3) is 0 Å². The molecule has 24 heavy (non-hydrogen) atoms. The number of nitrogens with one attached hydrogen (secondary N) is 2. The van der Waals surface area contributed by atoms with E-state index in [1.165, 1.54) is 12.8 Å². The highest BCUT2D eigenvalue weighted by Crippen LogP contribution is 2.37. The summed E-state index contributed by atoms with van der Waals surface area (Å²) in [6, 6.07) is -0.166. The number of aliphatic imine (C=N–C) groups is 1. The molecule has 0 heterocycles. The molecule has 2 fully saturated rings. The summed E-state index contributed by atoms with van der Waals surface area (Å²) >= 11 is 0. The zero-order valence-electron chi connectivity index (χ0n) is 14.2. The number of alkyl halides is 3. The molecule has 0 bridgehead atoms. The summed E-state index contributed by atoms with van der Waals surface area (Å²) in [6.45, 7) is 4.51. The lowest BCUT2D eigenvalue weighted by Gasteiger charge is -2.31. The Balaban J connectivity index is 0.00000288. The first-order valence-corrected chi connectivity index (χ1v) is 8.68. The van der Waals surface area contributed by atoms with Crippen molar-refractivity contribution in [2.45, 2.75) is 57.7 Å². The highest BCUT2D eigenvalue weighted by Gasteiger charge is 2.42. The van der Waals surface area contributed by atoms with Crippen LogP contribution in [-0.4, -0.2) is 44.5 Å². The average molecular weight is 463 g/mol. The molecule has 142 valence electrons. The first-order valence-electron chi connectivity index (χ1n) is 8.68. The summed E-state index contributed by atoms with van der Waals surface area (Å²) in [5, 5.41) is 6.25. The van der Waals surface area contributed by atoms with Gasteiger partial charge in [0.15, 0.2) is 5.96 Å². The molecule has 2 saturated carbocycles. The minimum absolute atomic E-state index is 0. The number of nitrogens with zero attached hydrogens (tertiary/aromatic N) is 1. The van der Waals surface area contributed by atoms with E-state index in [-0.39, 0.29) is 42.9 Å². The molecule has 0 radical (unpaired) electrons. The summed E-state index contributed by atoms with van der Waals surface area (Å²) in [7, 11) is 0. The van der Waals surface area contributed by atoms with E-state index in [1.54, 1.807) is 0 Å². The Morgan fingerprint density at radius 3 is 2.58 bits per heavy atom. The fourth-order valence-electron chi connectivity index (χ4n) is 2.89. The predicted octanol–water partition coefficient (Wildman–Crippen LogP) is 3.71. The van der Waals surface area contributed by atoms with Crippen molar-refractivity contribution >= 4 is 29.9 Å². The van der Waals surface area contributed by atoms with Gasteiger partial charge in [-0.2, -0.15) is 13.2 Å². The molecule has 2 unspecified atom stereocenters. The minimum Gasteiger partial charge on any atom is -0.379 e. The number of hydrogen-bond donors (Lipinski definition) is 2. The second-order valence-electron chi connectivity index (χ2n) is 6.53. The predicted molar refractivity (Wildman–Crippen MR) is 99.9 cm³/mol. The Hall–Kier alpha value is -0.250. The molecule has 0 saturated heterocycles. The Bertz CT molecular complexity index is 389. The van der Waals surface area contributed by atoms with Gasteiger partial charge >= 0.3 is 6.18 Å². The second-order valence-corrected chi connectivity index (χ2v) is 6.53. The zero-order valence-corrected chi connectivity index (χ0v) is 16.5. The largest absolute Gasteiger partial charge is 0.391 e. The van der Waals surface area contributed by atoms with Crippen molar-refractivity contribution in [3.63, 3.8) is 0 Å². The SMILES string of the molecule is CCNC(=NCCOCC1CC1)NC1CCCC(C(F)(F)F)C1.I. The molecule has 2 atom stereocenters. The third-order valence-electron chi connectivity index (χ3n) is 4.38. The summed E-state index contributed by atoms with van der Waals surface area (Å²) in [5.41, 5.74) is 0. The van der Waals surface area contributed by atoms with Crippen LogP contribution >= 0.6 is 24.0 Å². The number of halogens is 4. The van der Waals surface area contributed by atoms with E-state index < -0.39 is 12.1 Å². The summed E-state index contributed by atoms with van der Waals surface area (Å²) < 4.78 is 44.1. The molecule has 2 N–H and O–H groups in total. The number of rotatable bonds is 7. The van der Waals surface area contributed by atoms with E-state index in [1.807, 2.05) is 6.92 Å². The molecule has 0 amide bonds. The van der Waals surface area contributed by atoms with Gasteiger partial charge in [-0.1, -0.05) is 6.42 Å². The van der Waals surface area contributed by atoms with Crippen LogP contribution in [0, 0.1) is 11.8 Å². The molecule has 2 aliphatic rings. The Morgan fingerprint density at radius 2 is 1.96 bits per heavy atom. The smallest absolute Gasteiger partial charge is 0.379 e. The van der Waals surface area contributed by atoms with Gasteiger partial charge in [-0.15, -0.1) is 24.0 Å². The number of ether oxygens (including phenoxy) is 1. The first kappa shape index (κ1) is 21.8. The van der Waals surface area contributed by atoms with E-state index in [4.69, 9.17) is 4.74 Å². The maximum absolute atomic E-state index is 12.9. The number of hydrogen-bond acceptors (Lipinski definition) is 2. The van der Waals surface area contributed by atoms with E-state index >= 15 is 0 Å². The fourth-order valence-corrected chi connectivity index (χ4v) is 2.89. The van der Waals surface area contributed by atoms with Crippen LogP contribution < -0.4 is 10.6 Å². The summed E-state index contributed by atoms with van der Waals surface area (Å²) in [4.78, 5) is 4.40. The highest BCUT2D eigenvalue weighted by molar-refractivity contribution is 14.0. The molecule has 0 aromatic heterocycles. The van der Waals surface area contributed by atoms with Crippen LogP contribution in [0.1, 0.15) is 45.4 Å². The van der Waals surface area contributed by atoms with Crippen LogP contribution in [0.5, 0.6) is 0 Å². The van der Waals surface area contributed by atoms with Crippen LogP contribution in [-0.2, 0) is 4.74 Å². The van der Waals surface area contributed by atoms with E-state index in [0.717, 1.165) is 18.9 Å². The molecule has 2 rings (SSSR count). The molecular formula is C16H29F3IN3O. The summed E-state index contributed by atoms with van der Waals surface area (Å²) in [6.07, 6.45) is 0.162. The minimum atomic E-state index is -4.09. The van der Waals surface area contributed by atoms with Gasteiger partial charge in [-0.05, 0) is 44.9 Å². The average Bonchev–Trinajstić information content (AvgIpc) is 3.31. The fraction of sp³-hybridized carbons (Fsp3) is 0.938. The molecule has 4 nitrogen and oxygen atoms in total. The standard InChI is InChI=1S/C16H28F3N3O.HI/c1-2-20-15(21-8-9-23-11-12-6-7-12)22-14-5-3-4-13(10-14)16(17,18)19;/h12-14H,2-11H2,1H3,(H2,20,21,22);1H. The van der Waals surface area contributed by atoms with Crippen LogP contribution in [0.15, 0.2) is 4.99 Å². The van der Waals surface area contributed by atoms with Crippen LogP contribution in [0.4, 0.5) is 13.2 Å². The lowest BCUT2D eigenvalue weighted by molar-refractivity contribution is -0.183. The van der Waals surface area contributed by atoms with Crippen LogP contribution in [0.25, 0.3) is 0 Å². The Kier molecular flexibility index (Phi) is 9.69. The normalized spacial score (nSPS) is 25.1. The maximum atomic E-state index is 12.9. The monoisotopic (exact) mass is 463 g/mol. The van der Waals surface area contributed by atoms with Crippen molar-refractivity contribution in [3.05, 3.63) is 0 Å². The van der Waals surface area contributed by atoms with Gasteiger partial charge in [-0.25, -0.2) is 0 Å². The Morgan fingerprint density at radius 1 is 1.21 bits per heavy atom. The third-order valence-corrected chi connectivity index (χ3v) is 4.38. The van der Waals surface area contributed by atoms with E-state index in [0.29, 0.717) is 32.1 Å². The lowest BCUT2D eigenvalue weighted by Crippen LogP contribution is -2.47. The van der Waals surface area contributed by atoms with Gasteiger partial charge in [0, 0.05) is 19.2 Å². The van der Waals surface area contributed by atoms with Crippen molar-refractivity contribution in [1.82, 2.24) is 10.6 Å². The maximum Gasteiger partial charge on any atom is 0.391 e. The van der Waals surface area contributed by atoms with Gasteiger partial charge in [0.1, 0.15) is 0 Å². The molecule has 0 aromatic carbocycles. The van der Waals surface area contributed by atoms with Crippen LogP contribution in [0.3, 0.4) is 0 Å². The Labute approximate surface area is 159 Å². The topological polar surface area (TPSA) is 45.7 Å². The zero-order chi connectivity index (χ0) is 16.7. The van der Waals surface area contributed by atoms with Crippen LogP contribution in [0.2, 0.25) is 0 Å². The molecule has 0 spiro atoms. The molecule has 0 aliphatic heterocycles. The van der Waals surface area contributed by atoms with Gasteiger partial charge < -0.3 is 15.4 Å². The van der Waals surface area contributed by atoms with Gasteiger partial charge in [0.2, 0.25) is 0 Å². The molecule has 8 heteroatoms. The molecular weight excluding hydrogens is 434 g/mol. The van der Waals surface area contributed by atoms with E-state index in [9.17, 15) is 13.2 Å². The van der Waals surface area contributed by atoms with Gasteiger partial charge in [0.05, 0.1) is 19.1 Å². The quantitative estimate of drug-likeness (QED) is 0.262. The number of guanidine groups is 1. The molecule has 2 aliphatic carbocycles. The first-order chi connectivity index (χ1) is 11.0. The van der Waals surface area contributed by atoms with E-state index in [2.05, 4.69) is 15.6 Å².